The fourth-order valence-corrected chi connectivity index (χ4v) is 2.86. The predicted octanol–water partition coefficient (Wildman–Crippen LogP) is 4.51. The van der Waals surface area contributed by atoms with E-state index in [-0.39, 0.29) is 12.5 Å². The van der Waals surface area contributed by atoms with Crippen molar-refractivity contribution in [1.29, 1.82) is 0 Å². The Kier molecular flexibility index (Phi) is 6.31. The average molecular weight is 400 g/mol. The molecule has 2 aromatic carbocycles. The zero-order chi connectivity index (χ0) is 20.1. The second kappa shape index (κ2) is 8.89. The lowest BCUT2D eigenvalue weighted by atomic mass is 10.1. The molecule has 0 bridgehead atoms. The van der Waals surface area contributed by atoms with Gasteiger partial charge in [-0.25, -0.2) is 0 Å². The predicted molar refractivity (Wildman–Crippen MR) is 107 cm³/mol. The van der Waals surface area contributed by atoms with Crippen molar-refractivity contribution in [2.45, 2.75) is 32.9 Å². The number of halogens is 1. The molecular weight excluding hydrogens is 378 g/mol. The third kappa shape index (κ3) is 4.89. The van der Waals surface area contributed by atoms with Gasteiger partial charge in [-0.15, -0.1) is 0 Å². The molecule has 1 aromatic heterocycles. The molecule has 0 aliphatic rings. The molecule has 0 N–H and O–H groups in total. The largest absolute Gasteiger partial charge is 0.481 e. The maximum Gasteiger partial charge on any atom is 0.263 e. The zero-order valence-corrected chi connectivity index (χ0v) is 16.8. The van der Waals surface area contributed by atoms with Crippen LogP contribution in [0.4, 0.5) is 0 Å². The van der Waals surface area contributed by atoms with Crippen molar-refractivity contribution in [2.75, 3.05) is 7.05 Å². The molecule has 146 valence electrons. The van der Waals surface area contributed by atoms with Gasteiger partial charge in [-0.05, 0) is 31.5 Å². The standard InChI is InChI=1S/C21H22ClN3O3/c1-4-18(27-17-7-5-6-16(22)12-17)21(26)25(3)13-19-23-20(24-28-19)15-10-8-14(2)9-11-15/h5-12,18H,4,13H2,1-3H3/t18-/m0/s1. The van der Waals surface area contributed by atoms with Crippen molar-refractivity contribution < 1.29 is 14.1 Å². The van der Waals surface area contributed by atoms with E-state index in [0.717, 1.165) is 11.1 Å². The Hall–Kier alpha value is -2.86. The number of aromatic nitrogens is 2. The molecule has 1 atom stereocenters. The van der Waals surface area contributed by atoms with Gasteiger partial charge in [0.2, 0.25) is 11.7 Å². The molecule has 3 aromatic rings. The van der Waals surface area contributed by atoms with Gasteiger partial charge in [-0.3, -0.25) is 4.79 Å². The molecule has 6 nitrogen and oxygen atoms in total. The second-order valence-electron chi connectivity index (χ2n) is 6.54. The summed E-state index contributed by atoms with van der Waals surface area (Å²) in [6.45, 7) is 4.11. The number of rotatable bonds is 7. The Morgan fingerprint density at radius 3 is 2.68 bits per heavy atom. The highest BCUT2D eigenvalue weighted by Crippen LogP contribution is 2.20. The monoisotopic (exact) mass is 399 g/mol. The maximum atomic E-state index is 12.8. The van der Waals surface area contributed by atoms with Crippen LogP contribution in [-0.4, -0.2) is 34.1 Å². The van der Waals surface area contributed by atoms with Crippen LogP contribution in [0.15, 0.2) is 53.1 Å². The van der Waals surface area contributed by atoms with Crippen molar-refractivity contribution in [3.05, 3.63) is 65.0 Å². The summed E-state index contributed by atoms with van der Waals surface area (Å²) in [6, 6.07) is 14.8. The topological polar surface area (TPSA) is 68.5 Å². The molecule has 0 saturated heterocycles. The van der Waals surface area contributed by atoms with E-state index in [0.29, 0.717) is 28.9 Å². The molecule has 0 radical (unpaired) electrons. The number of amides is 1. The van der Waals surface area contributed by atoms with Crippen LogP contribution < -0.4 is 4.74 Å². The third-order valence-corrected chi connectivity index (χ3v) is 4.48. The first kappa shape index (κ1) is 19.9. The van der Waals surface area contributed by atoms with Crippen LogP contribution in [0.3, 0.4) is 0 Å². The first-order chi connectivity index (χ1) is 13.5. The minimum Gasteiger partial charge on any atom is -0.481 e. The van der Waals surface area contributed by atoms with Crippen LogP contribution >= 0.6 is 11.6 Å². The SMILES string of the molecule is CC[C@H](Oc1cccc(Cl)c1)C(=O)N(C)Cc1nc(-c2ccc(C)cc2)no1. The Bertz CT molecular complexity index is 940. The number of hydrogen-bond acceptors (Lipinski definition) is 5. The van der Waals surface area contributed by atoms with Gasteiger partial charge in [-0.2, -0.15) is 4.98 Å². The van der Waals surface area contributed by atoms with E-state index in [9.17, 15) is 4.79 Å². The molecule has 0 fully saturated rings. The molecule has 0 saturated carbocycles. The van der Waals surface area contributed by atoms with Crippen LogP contribution in [-0.2, 0) is 11.3 Å². The number of carbonyl (C=O) groups is 1. The van der Waals surface area contributed by atoms with E-state index in [1.54, 1.807) is 31.3 Å². The number of aryl methyl sites for hydroxylation is 1. The number of ether oxygens (including phenoxy) is 1. The van der Waals surface area contributed by atoms with Crippen LogP contribution in [0, 0.1) is 6.92 Å². The number of hydrogen-bond donors (Lipinski definition) is 0. The molecule has 0 aliphatic heterocycles. The van der Waals surface area contributed by atoms with Crippen molar-refractivity contribution in [3.63, 3.8) is 0 Å². The van der Waals surface area contributed by atoms with Crippen molar-refractivity contribution in [2.24, 2.45) is 0 Å². The Balaban J connectivity index is 1.65. The van der Waals surface area contributed by atoms with Gasteiger partial charge in [0.1, 0.15) is 5.75 Å². The molecule has 3 rings (SSSR count). The van der Waals surface area contributed by atoms with Gasteiger partial charge >= 0.3 is 0 Å². The summed E-state index contributed by atoms with van der Waals surface area (Å²) in [4.78, 5) is 18.7. The van der Waals surface area contributed by atoms with Gasteiger partial charge in [0, 0.05) is 17.6 Å². The summed E-state index contributed by atoms with van der Waals surface area (Å²) in [5, 5.41) is 4.56. The molecular formula is C21H22ClN3O3. The fraction of sp³-hybridized carbons (Fsp3) is 0.286. The Morgan fingerprint density at radius 2 is 2.00 bits per heavy atom. The van der Waals surface area contributed by atoms with E-state index in [4.69, 9.17) is 20.9 Å². The first-order valence-electron chi connectivity index (χ1n) is 9.03. The van der Waals surface area contributed by atoms with Crippen LogP contribution in [0.2, 0.25) is 5.02 Å². The summed E-state index contributed by atoms with van der Waals surface area (Å²) in [5.41, 5.74) is 2.02. The number of nitrogens with zero attached hydrogens (tertiary/aromatic N) is 3. The first-order valence-corrected chi connectivity index (χ1v) is 9.41. The lowest BCUT2D eigenvalue weighted by molar-refractivity contribution is -0.138. The van der Waals surface area contributed by atoms with E-state index in [1.807, 2.05) is 38.1 Å². The second-order valence-corrected chi connectivity index (χ2v) is 6.98. The van der Waals surface area contributed by atoms with Gasteiger partial charge in [0.05, 0.1) is 6.54 Å². The molecule has 0 spiro atoms. The van der Waals surface area contributed by atoms with E-state index in [1.165, 1.54) is 4.90 Å². The zero-order valence-electron chi connectivity index (χ0n) is 16.1. The highest BCUT2D eigenvalue weighted by Gasteiger charge is 2.24. The molecule has 1 amide bonds. The van der Waals surface area contributed by atoms with E-state index < -0.39 is 6.10 Å². The summed E-state index contributed by atoms with van der Waals surface area (Å²) >= 11 is 5.98. The highest BCUT2D eigenvalue weighted by molar-refractivity contribution is 6.30. The number of likely N-dealkylation sites (N-methyl/N-ethyl adjacent to an activating group) is 1. The van der Waals surface area contributed by atoms with Gasteiger partial charge in [-0.1, -0.05) is 59.6 Å². The number of benzene rings is 2. The summed E-state index contributed by atoms with van der Waals surface area (Å²) in [7, 11) is 1.68. The van der Waals surface area contributed by atoms with E-state index >= 15 is 0 Å². The summed E-state index contributed by atoms with van der Waals surface area (Å²) in [5.74, 6) is 1.25. The summed E-state index contributed by atoms with van der Waals surface area (Å²) in [6.07, 6.45) is -0.100. The molecule has 0 aliphatic carbocycles. The number of carbonyl (C=O) groups excluding carboxylic acids is 1. The molecule has 0 unspecified atom stereocenters. The van der Waals surface area contributed by atoms with Crippen LogP contribution in [0.25, 0.3) is 11.4 Å². The molecule has 28 heavy (non-hydrogen) atoms. The lowest BCUT2D eigenvalue weighted by Crippen LogP contribution is -2.39. The Morgan fingerprint density at radius 1 is 1.25 bits per heavy atom. The quantitative estimate of drug-likeness (QED) is 0.584. The normalized spacial score (nSPS) is 11.9. The Labute approximate surface area is 169 Å². The molecule has 7 heteroatoms. The van der Waals surface area contributed by atoms with Gasteiger partial charge in [0.15, 0.2) is 6.10 Å². The lowest BCUT2D eigenvalue weighted by Gasteiger charge is -2.22. The van der Waals surface area contributed by atoms with Crippen molar-refractivity contribution in [3.8, 4) is 17.1 Å². The third-order valence-electron chi connectivity index (χ3n) is 4.25. The fourth-order valence-electron chi connectivity index (χ4n) is 2.68. The summed E-state index contributed by atoms with van der Waals surface area (Å²) < 4.78 is 11.1. The minimum absolute atomic E-state index is 0.169. The molecule has 1 heterocycles. The van der Waals surface area contributed by atoms with E-state index in [2.05, 4.69) is 10.1 Å². The smallest absolute Gasteiger partial charge is 0.263 e. The van der Waals surface area contributed by atoms with Gasteiger partial charge < -0.3 is 14.2 Å². The van der Waals surface area contributed by atoms with Crippen LogP contribution in [0.5, 0.6) is 5.75 Å². The van der Waals surface area contributed by atoms with Crippen LogP contribution in [0.1, 0.15) is 24.8 Å². The van der Waals surface area contributed by atoms with Gasteiger partial charge in [0.25, 0.3) is 5.91 Å². The maximum absolute atomic E-state index is 12.8. The van der Waals surface area contributed by atoms with Crippen molar-refractivity contribution in [1.82, 2.24) is 15.0 Å². The highest BCUT2D eigenvalue weighted by atomic mass is 35.5. The average Bonchev–Trinajstić information content (AvgIpc) is 3.14. The minimum atomic E-state index is -0.622. The van der Waals surface area contributed by atoms with Crippen molar-refractivity contribution >= 4 is 17.5 Å².